The number of benzene rings is 1. The van der Waals surface area contributed by atoms with E-state index in [1.807, 2.05) is 6.92 Å². The van der Waals surface area contributed by atoms with Crippen molar-refractivity contribution in [1.82, 2.24) is 9.62 Å². The number of sulfonamides is 1. The van der Waals surface area contributed by atoms with Crippen LogP contribution in [0.5, 0.6) is 0 Å². The summed E-state index contributed by atoms with van der Waals surface area (Å²) >= 11 is 5.92. The molecule has 1 unspecified atom stereocenters. The molecule has 0 amide bonds. The Morgan fingerprint density at radius 1 is 1.43 bits per heavy atom. The molecule has 0 spiro atoms. The molecule has 1 aromatic rings. The lowest BCUT2D eigenvalue weighted by molar-refractivity contribution is 0.335. The molecule has 0 bridgehead atoms. The highest BCUT2D eigenvalue weighted by Gasteiger charge is 2.33. The number of hydrogen-bond acceptors (Lipinski definition) is 3. The number of nitrogens with zero attached hydrogens (tertiary/aromatic N) is 1. The Balaban J connectivity index is 0.00000220. The first-order valence-corrected chi connectivity index (χ1v) is 8.77. The van der Waals surface area contributed by atoms with E-state index in [9.17, 15) is 8.42 Å². The lowest BCUT2D eigenvalue weighted by atomic mass is 10.2. The smallest absolute Gasteiger partial charge is 0.243 e. The zero-order valence-electron chi connectivity index (χ0n) is 12.3. The predicted molar refractivity (Wildman–Crippen MR) is 88.9 cm³/mol. The van der Waals surface area contributed by atoms with Crippen LogP contribution in [-0.4, -0.2) is 38.4 Å². The van der Waals surface area contributed by atoms with Gasteiger partial charge in [-0.3, -0.25) is 0 Å². The van der Waals surface area contributed by atoms with E-state index in [0.29, 0.717) is 22.0 Å². The fourth-order valence-electron chi connectivity index (χ4n) is 2.63. The van der Waals surface area contributed by atoms with Crippen LogP contribution in [0.25, 0.3) is 0 Å². The van der Waals surface area contributed by atoms with Gasteiger partial charge >= 0.3 is 0 Å². The Kier molecular flexibility index (Phi) is 6.94. The van der Waals surface area contributed by atoms with Gasteiger partial charge in [0.2, 0.25) is 10.0 Å². The van der Waals surface area contributed by atoms with E-state index in [1.165, 1.54) is 0 Å². The van der Waals surface area contributed by atoms with Crippen LogP contribution in [0.15, 0.2) is 23.1 Å². The largest absolute Gasteiger partial charge is 0.315 e. The molecule has 1 aliphatic rings. The highest BCUT2D eigenvalue weighted by molar-refractivity contribution is 7.89. The summed E-state index contributed by atoms with van der Waals surface area (Å²) < 4.78 is 27.4. The summed E-state index contributed by atoms with van der Waals surface area (Å²) in [6.07, 6.45) is 1.67. The fourth-order valence-corrected chi connectivity index (χ4v) is 4.81. The van der Waals surface area contributed by atoms with Gasteiger partial charge in [0, 0.05) is 24.2 Å². The molecule has 1 N–H and O–H groups in total. The summed E-state index contributed by atoms with van der Waals surface area (Å²) in [5.74, 6) is 0. The lowest BCUT2D eigenvalue weighted by Crippen LogP contribution is -2.42. The molecule has 1 aliphatic heterocycles. The van der Waals surface area contributed by atoms with Crippen molar-refractivity contribution < 1.29 is 8.42 Å². The van der Waals surface area contributed by atoms with Gasteiger partial charge in [0.1, 0.15) is 0 Å². The Hall–Kier alpha value is -0.330. The van der Waals surface area contributed by atoms with Gasteiger partial charge in [-0.1, -0.05) is 18.5 Å². The van der Waals surface area contributed by atoms with Crippen molar-refractivity contribution in [3.8, 4) is 0 Å². The van der Waals surface area contributed by atoms with Crippen molar-refractivity contribution in [2.24, 2.45) is 0 Å². The molecule has 120 valence electrons. The maximum Gasteiger partial charge on any atom is 0.243 e. The monoisotopic (exact) mass is 352 g/mol. The van der Waals surface area contributed by atoms with E-state index in [-0.39, 0.29) is 18.4 Å². The van der Waals surface area contributed by atoms with E-state index >= 15 is 0 Å². The second-order valence-corrected chi connectivity index (χ2v) is 7.47. The normalized spacial score (nSPS) is 18.8. The highest BCUT2D eigenvalue weighted by Crippen LogP contribution is 2.26. The molecule has 1 aromatic carbocycles. The zero-order valence-corrected chi connectivity index (χ0v) is 14.7. The first-order valence-electron chi connectivity index (χ1n) is 6.95. The SMILES string of the molecule is CCCN(C1CCNC1)S(=O)(=O)c1ccc(Cl)cc1C.Cl. The Morgan fingerprint density at radius 3 is 2.67 bits per heavy atom. The maximum atomic E-state index is 12.9. The first kappa shape index (κ1) is 18.7. The third-order valence-corrected chi connectivity index (χ3v) is 5.96. The Labute approximate surface area is 138 Å². The topological polar surface area (TPSA) is 49.4 Å². The van der Waals surface area contributed by atoms with E-state index < -0.39 is 10.0 Å². The molecule has 4 nitrogen and oxygen atoms in total. The Bertz CT molecular complexity index is 572. The van der Waals surface area contributed by atoms with Gasteiger partial charge in [0.05, 0.1) is 4.90 Å². The molecular formula is C14H22Cl2N2O2S. The van der Waals surface area contributed by atoms with Gasteiger partial charge in [0.25, 0.3) is 0 Å². The summed E-state index contributed by atoms with van der Waals surface area (Å²) in [7, 11) is -3.46. The minimum atomic E-state index is -3.46. The fraction of sp³-hybridized carbons (Fsp3) is 0.571. The molecule has 0 aromatic heterocycles. The summed E-state index contributed by atoms with van der Waals surface area (Å²) in [5, 5.41) is 3.79. The molecule has 7 heteroatoms. The molecule has 0 aliphatic carbocycles. The van der Waals surface area contributed by atoms with Gasteiger partial charge in [-0.05, 0) is 50.1 Å². The molecule has 0 radical (unpaired) electrons. The van der Waals surface area contributed by atoms with Crippen molar-refractivity contribution in [2.45, 2.75) is 37.6 Å². The van der Waals surface area contributed by atoms with Crippen molar-refractivity contribution >= 4 is 34.0 Å². The van der Waals surface area contributed by atoms with Crippen LogP contribution in [0, 0.1) is 6.92 Å². The van der Waals surface area contributed by atoms with Gasteiger partial charge in [0.15, 0.2) is 0 Å². The zero-order chi connectivity index (χ0) is 14.8. The van der Waals surface area contributed by atoms with E-state index in [2.05, 4.69) is 5.32 Å². The third kappa shape index (κ3) is 4.11. The number of nitrogens with one attached hydrogen (secondary N) is 1. The molecule has 1 atom stereocenters. The van der Waals surface area contributed by atoms with Crippen LogP contribution in [0.3, 0.4) is 0 Å². The molecule has 1 heterocycles. The first-order chi connectivity index (χ1) is 9.46. The van der Waals surface area contributed by atoms with Gasteiger partial charge in [-0.2, -0.15) is 4.31 Å². The minimum Gasteiger partial charge on any atom is -0.315 e. The lowest BCUT2D eigenvalue weighted by Gasteiger charge is -2.28. The maximum absolute atomic E-state index is 12.9. The second-order valence-electron chi connectivity index (χ2n) is 5.17. The Morgan fingerprint density at radius 2 is 2.14 bits per heavy atom. The highest BCUT2D eigenvalue weighted by atomic mass is 35.5. The second kappa shape index (κ2) is 7.79. The van der Waals surface area contributed by atoms with Crippen LogP contribution in [0.1, 0.15) is 25.3 Å². The molecule has 1 fully saturated rings. The van der Waals surface area contributed by atoms with Crippen LogP contribution >= 0.6 is 24.0 Å². The van der Waals surface area contributed by atoms with Crippen molar-refractivity contribution in [1.29, 1.82) is 0 Å². The minimum absolute atomic E-state index is 0. The van der Waals surface area contributed by atoms with Gasteiger partial charge < -0.3 is 5.32 Å². The quantitative estimate of drug-likeness (QED) is 0.886. The molecule has 2 rings (SSSR count). The third-order valence-electron chi connectivity index (χ3n) is 3.61. The van der Waals surface area contributed by atoms with Crippen LogP contribution in [0.4, 0.5) is 0 Å². The van der Waals surface area contributed by atoms with Crippen molar-refractivity contribution in [3.63, 3.8) is 0 Å². The van der Waals surface area contributed by atoms with Crippen molar-refractivity contribution in [2.75, 3.05) is 19.6 Å². The number of halogens is 2. The summed E-state index contributed by atoms with van der Waals surface area (Å²) in [5.41, 5.74) is 0.699. The molecular weight excluding hydrogens is 331 g/mol. The average Bonchev–Trinajstić information content (AvgIpc) is 2.88. The van der Waals surface area contributed by atoms with Crippen molar-refractivity contribution in [3.05, 3.63) is 28.8 Å². The van der Waals surface area contributed by atoms with Crippen LogP contribution < -0.4 is 5.32 Å². The number of hydrogen-bond donors (Lipinski definition) is 1. The summed E-state index contributed by atoms with van der Waals surface area (Å²) in [4.78, 5) is 0.363. The summed E-state index contributed by atoms with van der Waals surface area (Å²) in [6.45, 7) is 5.94. The standard InChI is InChI=1S/C14H21ClN2O2S.ClH/c1-3-8-17(13-6-7-16-10-13)20(18,19)14-5-4-12(15)9-11(14)2;/h4-5,9,13,16H,3,6-8,10H2,1-2H3;1H. The predicted octanol–water partition coefficient (Wildman–Crippen LogP) is 2.83. The van der Waals surface area contributed by atoms with Crippen LogP contribution in [0.2, 0.25) is 5.02 Å². The van der Waals surface area contributed by atoms with Gasteiger partial charge in [-0.25, -0.2) is 8.42 Å². The van der Waals surface area contributed by atoms with E-state index in [1.54, 1.807) is 29.4 Å². The number of rotatable bonds is 5. The van der Waals surface area contributed by atoms with Gasteiger partial charge in [-0.15, -0.1) is 12.4 Å². The average molecular weight is 353 g/mol. The number of aryl methyl sites for hydroxylation is 1. The molecule has 0 saturated carbocycles. The molecule has 21 heavy (non-hydrogen) atoms. The summed E-state index contributed by atoms with van der Waals surface area (Å²) in [6, 6.07) is 5.00. The van der Waals surface area contributed by atoms with Crippen LogP contribution in [-0.2, 0) is 10.0 Å². The molecule has 1 saturated heterocycles. The van der Waals surface area contributed by atoms with E-state index in [0.717, 1.165) is 25.9 Å². The van der Waals surface area contributed by atoms with E-state index in [4.69, 9.17) is 11.6 Å².